The Labute approximate surface area is 90.3 Å². The molecule has 0 saturated carbocycles. The zero-order chi connectivity index (χ0) is 11.3. The Morgan fingerprint density at radius 3 is 2.53 bits per heavy atom. The van der Waals surface area contributed by atoms with E-state index in [1.807, 2.05) is 11.9 Å². The van der Waals surface area contributed by atoms with Gasteiger partial charge in [-0.2, -0.15) is 0 Å². The summed E-state index contributed by atoms with van der Waals surface area (Å²) in [5, 5.41) is 28.1. The van der Waals surface area contributed by atoms with Crippen LogP contribution in [0.2, 0.25) is 0 Å². The van der Waals surface area contributed by atoms with Gasteiger partial charge in [-0.3, -0.25) is 0 Å². The first-order valence-corrected chi connectivity index (χ1v) is 5.33. The molecule has 1 aliphatic rings. The SMILES string of the molecule is CN(CC(O)CO)CC1(O)CCOCC1. The smallest absolute Gasteiger partial charge is 0.0897 e. The molecule has 90 valence electrons. The molecule has 0 aromatic heterocycles. The van der Waals surface area contributed by atoms with E-state index in [1.54, 1.807) is 0 Å². The van der Waals surface area contributed by atoms with Gasteiger partial charge < -0.3 is 25.0 Å². The lowest BCUT2D eigenvalue weighted by Crippen LogP contribution is -2.47. The summed E-state index contributed by atoms with van der Waals surface area (Å²) in [6, 6.07) is 0. The van der Waals surface area contributed by atoms with Crippen molar-refractivity contribution in [2.75, 3.05) is 40.0 Å². The minimum absolute atomic E-state index is 0.244. The minimum Gasteiger partial charge on any atom is -0.394 e. The van der Waals surface area contributed by atoms with Gasteiger partial charge in [0.05, 0.1) is 18.3 Å². The molecule has 1 unspecified atom stereocenters. The van der Waals surface area contributed by atoms with Crippen LogP contribution in [0, 0.1) is 0 Å². The summed E-state index contributed by atoms with van der Waals surface area (Å²) >= 11 is 0. The van der Waals surface area contributed by atoms with Crippen molar-refractivity contribution >= 4 is 0 Å². The van der Waals surface area contributed by atoms with Crippen LogP contribution in [-0.2, 0) is 4.74 Å². The maximum Gasteiger partial charge on any atom is 0.0897 e. The number of hydrogen-bond acceptors (Lipinski definition) is 5. The molecule has 0 radical (unpaired) electrons. The minimum atomic E-state index is -0.738. The molecular formula is C10H21NO4. The summed E-state index contributed by atoms with van der Waals surface area (Å²) in [7, 11) is 1.83. The van der Waals surface area contributed by atoms with E-state index in [2.05, 4.69) is 0 Å². The Kier molecular flexibility index (Phi) is 4.95. The van der Waals surface area contributed by atoms with Gasteiger partial charge in [0.25, 0.3) is 0 Å². The number of rotatable bonds is 5. The van der Waals surface area contributed by atoms with Crippen molar-refractivity contribution in [2.45, 2.75) is 24.5 Å². The first-order chi connectivity index (χ1) is 7.06. The predicted molar refractivity (Wildman–Crippen MR) is 55.6 cm³/mol. The van der Waals surface area contributed by atoms with Crippen LogP contribution < -0.4 is 0 Å². The van der Waals surface area contributed by atoms with E-state index in [1.165, 1.54) is 0 Å². The Morgan fingerprint density at radius 1 is 1.40 bits per heavy atom. The van der Waals surface area contributed by atoms with E-state index in [0.717, 1.165) is 0 Å². The summed E-state index contributed by atoms with van der Waals surface area (Å²) in [4.78, 5) is 1.84. The van der Waals surface area contributed by atoms with E-state index in [9.17, 15) is 10.2 Å². The number of ether oxygens (including phenoxy) is 1. The van der Waals surface area contributed by atoms with Crippen molar-refractivity contribution in [1.29, 1.82) is 0 Å². The molecule has 1 heterocycles. The highest BCUT2D eigenvalue weighted by Gasteiger charge is 2.31. The van der Waals surface area contributed by atoms with Crippen LogP contribution in [-0.4, -0.2) is 71.9 Å². The first-order valence-electron chi connectivity index (χ1n) is 5.33. The molecule has 1 fully saturated rings. The molecule has 1 atom stereocenters. The third kappa shape index (κ3) is 4.44. The Hall–Kier alpha value is -0.200. The number of aliphatic hydroxyl groups excluding tert-OH is 2. The molecule has 0 aliphatic carbocycles. The van der Waals surface area contributed by atoms with Crippen LogP contribution >= 0.6 is 0 Å². The van der Waals surface area contributed by atoms with Gasteiger partial charge in [0.15, 0.2) is 0 Å². The van der Waals surface area contributed by atoms with Crippen molar-refractivity contribution < 1.29 is 20.1 Å². The molecule has 3 N–H and O–H groups in total. The number of likely N-dealkylation sites (N-methyl/N-ethyl adjacent to an activating group) is 1. The average Bonchev–Trinajstić information content (AvgIpc) is 2.17. The van der Waals surface area contributed by atoms with Crippen LogP contribution in [0.25, 0.3) is 0 Å². The highest BCUT2D eigenvalue weighted by molar-refractivity contribution is 4.84. The summed E-state index contributed by atoms with van der Waals surface area (Å²) < 4.78 is 5.18. The average molecular weight is 219 g/mol. The molecule has 5 nitrogen and oxygen atoms in total. The van der Waals surface area contributed by atoms with Gasteiger partial charge >= 0.3 is 0 Å². The van der Waals surface area contributed by atoms with Gasteiger partial charge in [0.1, 0.15) is 0 Å². The van der Waals surface area contributed by atoms with Crippen LogP contribution in [0.4, 0.5) is 0 Å². The summed E-state index contributed by atoms with van der Waals surface area (Å²) in [5.74, 6) is 0. The molecule has 0 bridgehead atoms. The normalized spacial score (nSPS) is 23.0. The van der Waals surface area contributed by atoms with Crippen molar-refractivity contribution in [3.8, 4) is 0 Å². The summed E-state index contributed by atoms with van der Waals surface area (Å²) in [6.45, 7) is 1.82. The highest BCUT2D eigenvalue weighted by atomic mass is 16.5. The molecule has 5 heteroatoms. The van der Waals surface area contributed by atoms with E-state index in [4.69, 9.17) is 9.84 Å². The molecule has 1 saturated heterocycles. The molecule has 0 amide bonds. The predicted octanol–water partition coefficient (Wildman–Crippen LogP) is -1.19. The lowest BCUT2D eigenvalue weighted by molar-refractivity contribution is -0.0809. The van der Waals surface area contributed by atoms with Gasteiger partial charge in [0, 0.05) is 39.1 Å². The van der Waals surface area contributed by atoms with Gasteiger partial charge in [-0.05, 0) is 7.05 Å². The first kappa shape index (κ1) is 12.9. The van der Waals surface area contributed by atoms with Crippen LogP contribution in [0.15, 0.2) is 0 Å². The van der Waals surface area contributed by atoms with Gasteiger partial charge in [-0.25, -0.2) is 0 Å². The number of hydrogen-bond donors (Lipinski definition) is 3. The van der Waals surface area contributed by atoms with Crippen LogP contribution in [0.5, 0.6) is 0 Å². The van der Waals surface area contributed by atoms with Crippen molar-refractivity contribution in [3.63, 3.8) is 0 Å². The van der Waals surface area contributed by atoms with Gasteiger partial charge in [0.2, 0.25) is 0 Å². The number of aliphatic hydroxyl groups is 3. The molecular weight excluding hydrogens is 198 g/mol. The van der Waals surface area contributed by atoms with Crippen molar-refractivity contribution in [1.82, 2.24) is 4.90 Å². The van der Waals surface area contributed by atoms with Gasteiger partial charge in [-0.1, -0.05) is 0 Å². The quantitative estimate of drug-likeness (QED) is 0.542. The molecule has 0 aromatic carbocycles. The van der Waals surface area contributed by atoms with Crippen molar-refractivity contribution in [3.05, 3.63) is 0 Å². The monoisotopic (exact) mass is 219 g/mol. The van der Waals surface area contributed by atoms with Crippen molar-refractivity contribution in [2.24, 2.45) is 0 Å². The maximum atomic E-state index is 10.2. The van der Waals surface area contributed by atoms with Gasteiger partial charge in [-0.15, -0.1) is 0 Å². The summed E-state index contributed by atoms with van der Waals surface area (Å²) in [5.41, 5.74) is -0.706. The van der Waals surface area contributed by atoms with E-state index in [0.29, 0.717) is 39.1 Å². The molecule has 15 heavy (non-hydrogen) atoms. The second kappa shape index (κ2) is 5.77. The Balaban J connectivity index is 2.31. The molecule has 1 rings (SSSR count). The van der Waals surface area contributed by atoms with Crippen LogP contribution in [0.3, 0.4) is 0 Å². The third-order valence-corrected chi connectivity index (χ3v) is 2.72. The fourth-order valence-electron chi connectivity index (χ4n) is 1.89. The topological polar surface area (TPSA) is 73.2 Å². The zero-order valence-corrected chi connectivity index (χ0v) is 9.22. The fraction of sp³-hybridized carbons (Fsp3) is 1.00. The van der Waals surface area contributed by atoms with E-state index < -0.39 is 11.7 Å². The third-order valence-electron chi connectivity index (χ3n) is 2.72. The van der Waals surface area contributed by atoms with E-state index >= 15 is 0 Å². The Morgan fingerprint density at radius 2 is 2.00 bits per heavy atom. The van der Waals surface area contributed by atoms with Crippen LogP contribution in [0.1, 0.15) is 12.8 Å². The Bertz CT molecular complexity index is 182. The van der Waals surface area contributed by atoms with E-state index in [-0.39, 0.29) is 6.61 Å². The second-order valence-corrected chi connectivity index (χ2v) is 4.37. The summed E-state index contributed by atoms with van der Waals surface area (Å²) in [6.07, 6.45) is 0.525. The number of nitrogens with zero attached hydrogens (tertiary/aromatic N) is 1. The molecule has 0 aromatic rings. The zero-order valence-electron chi connectivity index (χ0n) is 9.22. The largest absolute Gasteiger partial charge is 0.394 e. The lowest BCUT2D eigenvalue weighted by atomic mass is 9.94. The standard InChI is InChI=1S/C10H21NO4/c1-11(6-9(13)7-12)8-10(14)2-4-15-5-3-10/h9,12-14H,2-8H2,1H3. The maximum absolute atomic E-state index is 10.2. The molecule has 0 spiro atoms. The molecule has 1 aliphatic heterocycles. The highest BCUT2D eigenvalue weighted by Crippen LogP contribution is 2.21. The lowest BCUT2D eigenvalue weighted by Gasteiger charge is -2.35. The second-order valence-electron chi connectivity index (χ2n) is 4.37. The fourth-order valence-corrected chi connectivity index (χ4v) is 1.89.